The highest BCUT2D eigenvalue weighted by molar-refractivity contribution is 8.02. The largest absolute Gasteiger partial charge is 0.442 e. The van der Waals surface area contributed by atoms with E-state index < -0.39 is 11.7 Å². The van der Waals surface area contributed by atoms with E-state index in [0.717, 1.165) is 0 Å². The topological polar surface area (TPSA) is 59.0 Å². The summed E-state index contributed by atoms with van der Waals surface area (Å²) in [5.74, 6) is -0.149. The van der Waals surface area contributed by atoms with Crippen molar-refractivity contribution in [3.8, 4) is 0 Å². The smallest absolute Gasteiger partial charge is 0.434 e. The predicted molar refractivity (Wildman–Crippen MR) is 70.8 cm³/mol. The number of hydrogen-bond donors (Lipinski definition) is 0. The van der Waals surface area contributed by atoms with Gasteiger partial charge in [0.25, 0.3) is 5.91 Å². The molecule has 0 radical (unpaired) electrons. The minimum absolute atomic E-state index is 0.0194. The number of aliphatic imine (C=N–C) groups is 1. The lowest BCUT2D eigenvalue weighted by Gasteiger charge is -2.34. The maximum absolute atomic E-state index is 11.8. The molecular formula is C12H18N2O3S. The van der Waals surface area contributed by atoms with Crippen molar-refractivity contribution in [3.05, 3.63) is 0 Å². The molecule has 1 unspecified atom stereocenters. The second-order valence-electron chi connectivity index (χ2n) is 6.14. The molecule has 5 nitrogen and oxygen atoms in total. The molecule has 0 aliphatic carbocycles. The Morgan fingerprint density at radius 2 is 2.11 bits per heavy atom. The molecule has 2 aliphatic heterocycles. The van der Waals surface area contributed by atoms with Gasteiger partial charge in [-0.2, -0.15) is 4.99 Å². The van der Waals surface area contributed by atoms with E-state index in [2.05, 4.69) is 18.8 Å². The highest BCUT2D eigenvalue weighted by atomic mass is 32.2. The van der Waals surface area contributed by atoms with E-state index in [1.165, 1.54) is 0 Å². The predicted octanol–water partition coefficient (Wildman–Crippen LogP) is 2.06. The fourth-order valence-corrected chi connectivity index (χ4v) is 3.33. The van der Waals surface area contributed by atoms with Crippen molar-refractivity contribution in [1.29, 1.82) is 0 Å². The van der Waals surface area contributed by atoms with Gasteiger partial charge < -0.3 is 9.64 Å². The molecule has 2 amide bonds. The molecule has 6 heteroatoms. The fourth-order valence-electron chi connectivity index (χ4n) is 1.95. The summed E-state index contributed by atoms with van der Waals surface area (Å²) in [6, 6.07) is 0. The Morgan fingerprint density at radius 3 is 2.67 bits per heavy atom. The number of β-lactam (4-membered cyclic amide) rings is 1. The molecule has 2 aliphatic rings. The van der Waals surface area contributed by atoms with Crippen molar-refractivity contribution in [1.82, 2.24) is 4.90 Å². The van der Waals surface area contributed by atoms with Crippen molar-refractivity contribution in [3.63, 3.8) is 0 Å². The maximum atomic E-state index is 11.8. The average molecular weight is 270 g/mol. The van der Waals surface area contributed by atoms with Gasteiger partial charge in [-0.05, 0) is 34.6 Å². The third kappa shape index (κ3) is 2.53. The van der Waals surface area contributed by atoms with Crippen LogP contribution in [0.5, 0.6) is 0 Å². The number of amides is 2. The zero-order valence-corrected chi connectivity index (χ0v) is 12.1. The van der Waals surface area contributed by atoms with Gasteiger partial charge in [0.15, 0.2) is 0 Å². The standard InChI is InChI=1S/C12H18N2O3S/c1-11(2,3)17-10(16)13-7-8(15)14-6-12(4,5)18-9(7)14/h9H,6H2,1-5H3. The van der Waals surface area contributed by atoms with Gasteiger partial charge in [-0.3, -0.25) is 4.79 Å². The number of ether oxygens (including phenoxy) is 1. The quantitative estimate of drug-likeness (QED) is 0.632. The molecule has 0 saturated carbocycles. The van der Waals surface area contributed by atoms with Gasteiger partial charge in [0.05, 0.1) is 0 Å². The summed E-state index contributed by atoms with van der Waals surface area (Å²) >= 11 is 1.66. The minimum atomic E-state index is -0.684. The molecule has 0 aromatic carbocycles. The van der Waals surface area contributed by atoms with Crippen LogP contribution in [0.4, 0.5) is 4.79 Å². The molecule has 0 aromatic heterocycles. The van der Waals surface area contributed by atoms with Crippen LogP contribution in [0.1, 0.15) is 34.6 Å². The molecule has 2 heterocycles. The molecule has 2 rings (SSSR count). The van der Waals surface area contributed by atoms with Crippen LogP contribution in [0, 0.1) is 0 Å². The summed E-state index contributed by atoms with van der Waals surface area (Å²) in [6.07, 6.45) is -0.684. The van der Waals surface area contributed by atoms with Crippen LogP contribution >= 0.6 is 11.8 Å². The van der Waals surface area contributed by atoms with Gasteiger partial charge in [0, 0.05) is 11.3 Å². The summed E-state index contributed by atoms with van der Waals surface area (Å²) in [5, 5.41) is -0.0833. The van der Waals surface area contributed by atoms with E-state index in [-0.39, 0.29) is 16.0 Å². The lowest BCUT2D eigenvalue weighted by molar-refractivity contribution is -0.127. The first-order valence-electron chi connectivity index (χ1n) is 5.89. The first-order chi connectivity index (χ1) is 8.09. The van der Waals surface area contributed by atoms with Gasteiger partial charge in [0.2, 0.25) is 0 Å². The highest BCUT2D eigenvalue weighted by Gasteiger charge is 2.54. The number of rotatable bonds is 0. The molecule has 0 aromatic rings. The summed E-state index contributed by atoms with van der Waals surface area (Å²) < 4.78 is 5.11. The Kier molecular flexibility index (Phi) is 2.96. The fraction of sp³-hybridized carbons (Fsp3) is 0.750. The molecule has 100 valence electrons. The number of nitrogens with zero attached hydrogens (tertiary/aromatic N) is 2. The first-order valence-corrected chi connectivity index (χ1v) is 6.77. The van der Waals surface area contributed by atoms with E-state index in [0.29, 0.717) is 12.3 Å². The lowest BCUT2D eigenvalue weighted by atomic mass is 10.1. The Hall–Kier alpha value is -1.04. The first kappa shape index (κ1) is 13.4. The average Bonchev–Trinajstić information content (AvgIpc) is 2.45. The number of fused-ring (bicyclic) bond motifs is 1. The minimum Gasteiger partial charge on any atom is -0.442 e. The second kappa shape index (κ2) is 3.98. The van der Waals surface area contributed by atoms with Crippen LogP contribution < -0.4 is 0 Å². The van der Waals surface area contributed by atoms with Crippen LogP contribution in [-0.2, 0) is 9.53 Å². The van der Waals surface area contributed by atoms with Crippen LogP contribution in [-0.4, -0.2) is 44.9 Å². The van der Waals surface area contributed by atoms with Gasteiger partial charge >= 0.3 is 6.09 Å². The zero-order chi connectivity index (χ0) is 13.7. The summed E-state index contributed by atoms with van der Waals surface area (Å²) in [6.45, 7) is 10.2. The van der Waals surface area contributed by atoms with Crippen LogP contribution in [0.2, 0.25) is 0 Å². The molecule has 0 spiro atoms. The Labute approximate surface area is 111 Å². The number of hydrogen-bond acceptors (Lipinski definition) is 4. The highest BCUT2D eigenvalue weighted by Crippen LogP contribution is 2.44. The van der Waals surface area contributed by atoms with Gasteiger partial charge in [-0.25, -0.2) is 4.79 Å². The summed E-state index contributed by atoms with van der Waals surface area (Å²) in [7, 11) is 0. The van der Waals surface area contributed by atoms with Crippen LogP contribution in [0.25, 0.3) is 0 Å². The van der Waals surface area contributed by atoms with Gasteiger partial charge in [-0.1, -0.05) is 0 Å². The van der Waals surface area contributed by atoms with Gasteiger partial charge in [0.1, 0.15) is 16.7 Å². The van der Waals surface area contributed by atoms with E-state index in [4.69, 9.17) is 4.74 Å². The van der Waals surface area contributed by atoms with E-state index in [9.17, 15) is 9.59 Å². The molecule has 0 bridgehead atoms. The Morgan fingerprint density at radius 1 is 1.50 bits per heavy atom. The monoisotopic (exact) mass is 270 g/mol. The Balaban J connectivity index is 2.08. The third-order valence-electron chi connectivity index (χ3n) is 2.58. The number of thioether (sulfide) groups is 1. The Bertz CT molecular complexity index is 437. The molecule has 0 N–H and O–H groups in total. The van der Waals surface area contributed by atoms with E-state index in [1.807, 2.05) is 0 Å². The second-order valence-corrected chi connectivity index (χ2v) is 7.93. The molecular weight excluding hydrogens is 252 g/mol. The third-order valence-corrected chi connectivity index (χ3v) is 4.05. The van der Waals surface area contributed by atoms with Crippen LogP contribution in [0.15, 0.2) is 4.99 Å². The lowest BCUT2D eigenvalue weighted by Crippen LogP contribution is -2.57. The molecule has 2 fully saturated rings. The number of carbonyl (C=O) groups is 2. The molecule has 1 atom stereocenters. The summed E-state index contributed by atoms with van der Waals surface area (Å²) in [4.78, 5) is 28.9. The zero-order valence-electron chi connectivity index (χ0n) is 11.3. The molecule has 18 heavy (non-hydrogen) atoms. The SMILES string of the molecule is CC(C)(C)OC(=O)N=C1C(=O)N2CC(C)(C)SC12. The van der Waals surface area contributed by atoms with E-state index in [1.54, 1.807) is 37.4 Å². The number of carbonyl (C=O) groups excluding carboxylic acids is 2. The normalized spacial score (nSPS) is 28.1. The molecule has 2 saturated heterocycles. The maximum Gasteiger partial charge on any atom is 0.434 e. The van der Waals surface area contributed by atoms with Crippen molar-refractivity contribution >= 4 is 29.5 Å². The van der Waals surface area contributed by atoms with Crippen molar-refractivity contribution in [2.45, 2.75) is 50.3 Å². The van der Waals surface area contributed by atoms with E-state index >= 15 is 0 Å². The van der Waals surface area contributed by atoms with Crippen molar-refractivity contribution < 1.29 is 14.3 Å². The van der Waals surface area contributed by atoms with Crippen molar-refractivity contribution in [2.24, 2.45) is 4.99 Å². The van der Waals surface area contributed by atoms with Gasteiger partial charge in [-0.15, -0.1) is 11.8 Å². The van der Waals surface area contributed by atoms with Crippen LogP contribution in [0.3, 0.4) is 0 Å². The van der Waals surface area contributed by atoms with Crippen molar-refractivity contribution in [2.75, 3.05) is 6.54 Å². The summed E-state index contributed by atoms with van der Waals surface area (Å²) in [5.41, 5.74) is -0.268.